The van der Waals surface area contributed by atoms with Gasteiger partial charge in [-0.25, -0.2) is 0 Å². The van der Waals surface area contributed by atoms with Crippen LogP contribution in [0.25, 0.3) is 0 Å². The first-order valence-corrected chi connectivity index (χ1v) is 9.99. The summed E-state index contributed by atoms with van der Waals surface area (Å²) in [6, 6.07) is 3.53. The van der Waals surface area contributed by atoms with E-state index in [0.29, 0.717) is 16.5 Å². The van der Waals surface area contributed by atoms with Crippen LogP contribution in [0.5, 0.6) is 5.75 Å². The van der Waals surface area contributed by atoms with Crippen LogP contribution in [0.4, 0.5) is 5.69 Å². The number of hydrogen-bond acceptors (Lipinski definition) is 5. The Hall–Kier alpha value is -1.73. The van der Waals surface area contributed by atoms with Crippen LogP contribution < -0.4 is 10.1 Å². The van der Waals surface area contributed by atoms with Gasteiger partial charge in [0.15, 0.2) is 5.16 Å². The highest BCUT2D eigenvalue weighted by Crippen LogP contribution is 2.32. The number of methoxy groups -OCH3 is 1. The molecule has 0 aliphatic carbocycles. The molecule has 1 aliphatic heterocycles. The maximum absolute atomic E-state index is 12.7. The van der Waals surface area contributed by atoms with Gasteiger partial charge in [0.25, 0.3) is 0 Å². The predicted molar refractivity (Wildman–Crippen MR) is 104 cm³/mol. The van der Waals surface area contributed by atoms with Gasteiger partial charge in [-0.2, -0.15) is 0 Å². The molecule has 1 N–H and O–H groups in total. The maximum atomic E-state index is 12.7. The lowest BCUT2D eigenvalue weighted by atomic mass is 10.2. The quantitative estimate of drug-likeness (QED) is 0.773. The van der Waals surface area contributed by atoms with Gasteiger partial charge in [0.2, 0.25) is 5.91 Å². The van der Waals surface area contributed by atoms with E-state index in [1.807, 2.05) is 19.9 Å². The lowest BCUT2D eigenvalue weighted by molar-refractivity contribution is -0.115. The molecular weight excluding hydrogens is 372 g/mol. The molecule has 0 bridgehead atoms. The molecule has 1 amide bonds. The van der Waals surface area contributed by atoms with Crippen molar-refractivity contribution in [3.05, 3.63) is 28.5 Å². The fourth-order valence-corrected chi connectivity index (χ4v) is 3.97. The average Bonchev–Trinajstić information content (AvgIpc) is 2.84. The first-order valence-electron chi connectivity index (χ1n) is 8.73. The fourth-order valence-electron chi connectivity index (χ4n) is 2.92. The van der Waals surface area contributed by atoms with Gasteiger partial charge in [0.05, 0.1) is 18.0 Å². The number of thioether (sulfide) groups is 1. The summed E-state index contributed by atoms with van der Waals surface area (Å²) in [4.78, 5) is 12.7. The topological polar surface area (TPSA) is 69.0 Å². The van der Waals surface area contributed by atoms with Crippen molar-refractivity contribution in [2.45, 2.75) is 56.5 Å². The maximum Gasteiger partial charge on any atom is 0.237 e. The fraction of sp³-hybridized carbons (Fsp3) is 0.500. The molecule has 0 radical (unpaired) electrons. The van der Waals surface area contributed by atoms with Gasteiger partial charge < -0.3 is 14.6 Å². The number of benzene rings is 1. The molecular formula is C18H23ClN4O2S. The van der Waals surface area contributed by atoms with Crippen LogP contribution in [0.15, 0.2) is 17.3 Å². The monoisotopic (exact) mass is 394 g/mol. The zero-order valence-electron chi connectivity index (χ0n) is 15.2. The Morgan fingerprint density at radius 1 is 1.35 bits per heavy atom. The second kappa shape index (κ2) is 8.31. The lowest BCUT2D eigenvalue weighted by Gasteiger charge is -2.15. The van der Waals surface area contributed by atoms with Crippen LogP contribution >= 0.6 is 23.4 Å². The minimum atomic E-state index is -0.313. The van der Waals surface area contributed by atoms with Crippen molar-refractivity contribution in [1.82, 2.24) is 14.8 Å². The number of anilines is 1. The van der Waals surface area contributed by atoms with Gasteiger partial charge in [0.1, 0.15) is 11.6 Å². The number of carbonyl (C=O) groups excluding carboxylic acids is 1. The summed E-state index contributed by atoms with van der Waals surface area (Å²) in [5, 5.41) is 12.6. The van der Waals surface area contributed by atoms with Gasteiger partial charge in [-0.3, -0.25) is 4.79 Å². The third kappa shape index (κ3) is 4.15. The molecule has 1 aromatic heterocycles. The Morgan fingerprint density at radius 3 is 2.92 bits per heavy atom. The van der Waals surface area contributed by atoms with E-state index in [0.717, 1.165) is 42.4 Å². The zero-order chi connectivity index (χ0) is 18.7. The van der Waals surface area contributed by atoms with Gasteiger partial charge in [-0.15, -0.1) is 10.2 Å². The van der Waals surface area contributed by atoms with E-state index >= 15 is 0 Å². The van der Waals surface area contributed by atoms with E-state index in [4.69, 9.17) is 16.3 Å². The van der Waals surface area contributed by atoms with E-state index in [9.17, 15) is 4.79 Å². The van der Waals surface area contributed by atoms with Gasteiger partial charge in [-0.1, -0.05) is 29.8 Å². The molecule has 1 atom stereocenters. The van der Waals surface area contributed by atoms with E-state index in [1.165, 1.54) is 18.2 Å². The second-order valence-electron chi connectivity index (χ2n) is 6.41. The van der Waals surface area contributed by atoms with Crippen molar-refractivity contribution in [1.29, 1.82) is 0 Å². The molecule has 1 aliphatic rings. The van der Waals surface area contributed by atoms with Crippen LogP contribution in [-0.2, 0) is 17.8 Å². The number of carbonyl (C=O) groups is 1. The van der Waals surface area contributed by atoms with E-state index < -0.39 is 0 Å². The smallest absolute Gasteiger partial charge is 0.237 e. The molecule has 0 saturated carbocycles. The van der Waals surface area contributed by atoms with E-state index in [-0.39, 0.29) is 11.2 Å². The molecule has 3 rings (SSSR count). The summed E-state index contributed by atoms with van der Waals surface area (Å²) in [6.07, 6.45) is 4.43. The largest absolute Gasteiger partial charge is 0.495 e. The summed E-state index contributed by atoms with van der Waals surface area (Å²) < 4.78 is 7.47. The third-order valence-electron chi connectivity index (χ3n) is 4.47. The summed E-state index contributed by atoms with van der Waals surface area (Å²) in [6.45, 7) is 4.68. The van der Waals surface area contributed by atoms with Crippen LogP contribution in [0.3, 0.4) is 0 Å². The summed E-state index contributed by atoms with van der Waals surface area (Å²) in [5.74, 6) is 1.45. The number of hydrogen-bond donors (Lipinski definition) is 1. The molecule has 2 aromatic rings. The first kappa shape index (κ1) is 19.0. The molecule has 8 heteroatoms. The third-order valence-corrected chi connectivity index (χ3v) is 5.95. The van der Waals surface area contributed by atoms with E-state index in [1.54, 1.807) is 13.2 Å². The minimum absolute atomic E-state index is 0.110. The predicted octanol–water partition coefficient (Wildman–Crippen LogP) is 4.09. The number of amides is 1. The lowest BCUT2D eigenvalue weighted by Crippen LogP contribution is -2.23. The SMILES string of the molecule is COc1cc(Cl)c(C)cc1NC(=O)C(C)Sc1nnc2n1CCCCC2. The number of aryl methyl sites for hydroxylation is 2. The van der Waals surface area contributed by atoms with Crippen molar-refractivity contribution in [2.75, 3.05) is 12.4 Å². The summed E-state index contributed by atoms with van der Waals surface area (Å²) in [5.41, 5.74) is 1.50. The Labute approximate surface area is 162 Å². The zero-order valence-corrected chi connectivity index (χ0v) is 16.8. The Kier molecular flexibility index (Phi) is 6.09. The molecule has 26 heavy (non-hydrogen) atoms. The highest BCUT2D eigenvalue weighted by atomic mass is 35.5. The number of nitrogens with zero attached hydrogens (tertiary/aromatic N) is 3. The van der Waals surface area contributed by atoms with Crippen molar-refractivity contribution in [2.24, 2.45) is 0 Å². The summed E-state index contributed by atoms with van der Waals surface area (Å²) in [7, 11) is 1.56. The number of fused-ring (bicyclic) bond motifs is 1. The Morgan fingerprint density at radius 2 is 2.15 bits per heavy atom. The average molecular weight is 395 g/mol. The van der Waals surface area contributed by atoms with Gasteiger partial charge in [-0.05, 0) is 38.3 Å². The second-order valence-corrected chi connectivity index (χ2v) is 8.13. The number of rotatable bonds is 5. The van der Waals surface area contributed by atoms with Crippen LogP contribution in [0, 0.1) is 6.92 Å². The first-order chi connectivity index (χ1) is 12.5. The molecule has 6 nitrogen and oxygen atoms in total. The Bertz CT molecular complexity index is 809. The molecule has 0 spiro atoms. The molecule has 140 valence electrons. The normalized spacial score (nSPS) is 15.1. The highest BCUT2D eigenvalue weighted by Gasteiger charge is 2.22. The van der Waals surface area contributed by atoms with Gasteiger partial charge >= 0.3 is 0 Å². The molecule has 0 fully saturated rings. The minimum Gasteiger partial charge on any atom is -0.495 e. The summed E-state index contributed by atoms with van der Waals surface area (Å²) >= 11 is 7.56. The van der Waals surface area contributed by atoms with Crippen molar-refractivity contribution in [3.63, 3.8) is 0 Å². The van der Waals surface area contributed by atoms with Crippen LogP contribution in [-0.4, -0.2) is 33.0 Å². The molecule has 2 heterocycles. The van der Waals surface area contributed by atoms with Crippen LogP contribution in [0.1, 0.15) is 37.6 Å². The van der Waals surface area contributed by atoms with Crippen LogP contribution in [0.2, 0.25) is 5.02 Å². The van der Waals surface area contributed by atoms with Crippen molar-refractivity contribution >= 4 is 35.0 Å². The van der Waals surface area contributed by atoms with E-state index in [2.05, 4.69) is 20.1 Å². The van der Waals surface area contributed by atoms with Gasteiger partial charge in [0, 0.05) is 24.1 Å². The number of nitrogens with one attached hydrogen (secondary N) is 1. The molecule has 0 saturated heterocycles. The number of ether oxygens (including phenoxy) is 1. The van der Waals surface area contributed by atoms with Crippen molar-refractivity contribution < 1.29 is 9.53 Å². The number of halogens is 1. The number of aromatic nitrogens is 3. The molecule has 1 aromatic carbocycles. The van der Waals surface area contributed by atoms with Crippen molar-refractivity contribution in [3.8, 4) is 5.75 Å². The Balaban J connectivity index is 1.71. The molecule has 1 unspecified atom stereocenters. The standard InChI is InChI=1S/C18H23ClN4O2S/c1-11-9-14(15(25-3)10-13(11)19)20-17(24)12(2)26-18-22-21-16-7-5-4-6-8-23(16)18/h9-10,12H,4-8H2,1-3H3,(H,20,24). The highest BCUT2D eigenvalue weighted by molar-refractivity contribution is 8.00.